The largest absolute Gasteiger partial charge is 0.416 e. The molecule has 0 saturated heterocycles. The van der Waals surface area contributed by atoms with E-state index in [1.807, 2.05) is 55.5 Å². The number of halogens is 4. The van der Waals surface area contributed by atoms with Crippen molar-refractivity contribution in [1.82, 2.24) is 10.2 Å². The predicted molar refractivity (Wildman–Crippen MR) is 188 cm³/mol. The molecule has 50 heavy (non-hydrogen) atoms. The summed E-state index contributed by atoms with van der Waals surface area (Å²) in [5, 5.41) is 2.84. The predicted octanol–water partition coefficient (Wildman–Crippen LogP) is 7.95. The van der Waals surface area contributed by atoms with Gasteiger partial charge in [-0.3, -0.25) is 13.9 Å². The van der Waals surface area contributed by atoms with E-state index in [0.29, 0.717) is 10.4 Å². The summed E-state index contributed by atoms with van der Waals surface area (Å²) in [6, 6.07) is 24.7. The minimum absolute atomic E-state index is 0.0589. The first-order chi connectivity index (χ1) is 23.8. The Labute approximate surface area is 296 Å². The molecule has 1 fully saturated rings. The Bertz CT molecular complexity index is 1890. The molecule has 0 aromatic heterocycles. The van der Waals surface area contributed by atoms with Gasteiger partial charge in [0.2, 0.25) is 11.8 Å². The summed E-state index contributed by atoms with van der Waals surface area (Å²) < 4.78 is 70.8. The van der Waals surface area contributed by atoms with Crippen molar-refractivity contribution in [3.63, 3.8) is 0 Å². The van der Waals surface area contributed by atoms with Gasteiger partial charge in [0.25, 0.3) is 10.0 Å². The van der Waals surface area contributed by atoms with Crippen LogP contribution < -0.4 is 9.62 Å². The third-order valence-electron chi connectivity index (χ3n) is 8.98. The summed E-state index contributed by atoms with van der Waals surface area (Å²) in [5.74, 6) is -1.18. The number of anilines is 1. The maximum atomic E-state index is 14.7. The normalized spacial score (nSPS) is 14.5. The van der Waals surface area contributed by atoms with E-state index in [1.165, 1.54) is 29.2 Å². The Morgan fingerprint density at radius 2 is 1.50 bits per heavy atom. The molecular weight excluding hydrogens is 687 g/mol. The molecule has 12 heteroatoms. The maximum absolute atomic E-state index is 14.7. The number of nitrogens with one attached hydrogen (secondary N) is 1. The molecule has 4 aromatic rings. The minimum Gasteiger partial charge on any atom is -0.352 e. The van der Waals surface area contributed by atoms with Crippen LogP contribution in [-0.2, 0) is 38.8 Å². The van der Waals surface area contributed by atoms with Crippen LogP contribution in [0.1, 0.15) is 54.4 Å². The lowest BCUT2D eigenvalue weighted by molar-refractivity contribution is -0.140. The third-order valence-corrected chi connectivity index (χ3v) is 11.1. The first-order valence-corrected chi connectivity index (χ1v) is 18.3. The van der Waals surface area contributed by atoms with E-state index in [0.717, 1.165) is 60.9 Å². The van der Waals surface area contributed by atoms with Crippen molar-refractivity contribution in [2.24, 2.45) is 0 Å². The number of carbonyl (C=O) groups excluding carboxylic acids is 2. The number of sulfonamides is 1. The Hall–Kier alpha value is -4.35. The van der Waals surface area contributed by atoms with Crippen LogP contribution in [-0.4, -0.2) is 43.8 Å². The Morgan fingerprint density at radius 1 is 0.880 bits per heavy atom. The standard InChI is InChI=1S/C38H39ClF3N3O4S/c1-27-13-11-12-16-29(27)25-44(35(23-28-14-5-2-6-15-28)37(47)43-31-17-7-3-8-18-31)36(46)26-45(50(48,49)32-19-9-4-10-20-32)34-24-30(38(40,41)42)21-22-33(34)39/h2,4-6,9-16,19-22,24,31,35H,3,7-8,17-18,23,25-26H2,1H3,(H,43,47). The molecule has 1 saturated carbocycles. The van der Waals surface area contributed by atoms with Crippen molar-refractivity contribution in [3.8, 4) is 0 Å². The summed E-state index contributed by atoms with van der Waals surface area (Å²) in [6.07, 6.45) is -0.109. The van der Waals surface area contributed by atoms with E-state index >= 15 is 0 Å². The number of carbonyl (C=O) groups is 2. The molecule has 1 unspecified atom stereocenters. The number of alkyl halides is 3. The molecule has 5 rings (SSSR count). The van der Waals surface area contributed by atoms with Crippen molar-refractivity contribution in [2.45, 2.75) is 75.1 Å². The van der Waals surface area contributed by atoms with Crippen LogP contribution in [0.4, 0.5) is 18.9 Å². The van der Waals surface area contributed by atoms with Crippen LogP contribution in [0.15, 0.2) is 108 Å². The third kappa shape index (κ3) is 9.05. The summed E-state index contributed by atoms with van der Waals surface area (Å²) in [7, 11) is -4.64. The highest BCUT2D eigenvalue weighted by atomic mass is 35.5. The average Bonchev–Trinajstić information content (AvgIpc) is 3.10. The van der Waals surface area contributed by atoms with Crippen LogP contribution in [0.25, 0.3) is 0 Å². The van der Waals surface area contributed by atoms with Crippen LogP contribution in [0.5, 0.6) is 0 Å². The SMILES string of the molecule is Cc1ccccc1CN(C(=O)CN(c1cc(C(F)(F)F)ccc1Cl)S(=O)(=O)c1ccccc1)C(Cc1ccccc1)C(=O)NC1CCCCC1. The summed E-state index contributed by atoms with van der Waals surface area (Å²) in [6.45, 7) is 0.879. The molecule has 7 nitrogen and oxygen atoms in total. The molecule has 4 aromatic carbocycles. The van der Waals surface area contributed by atoms with Gasteiger partial charge >= 0.3 is 6.18 Å². The molecule has 0 aliphatic heterocycles. The van der Waals surface area contributed by atoms with Crippen molar-refractivity contribution in [1.29, 1.82) is 0 Å². The number of hydrogen-bond donors (Lipinski definition) is 1. The van der Waals surface area contributed by atoms with E-state index in [1.54, 1.807) is 12.1 Å². The van der Waals surface area contributed by atoms with Gasteiger partial charge < -0.3 is 10.2 Å². The molecule has 2 amide bonds. The van der Waals surface area contributed by atoms with E-state index in [9.17, 15) is 31.2 Å². The second-order valence-electron chi connectivity index (χ2n) is 12.5. The minimum atomic E-state index is -4.82. The van der Waals surface area contributed by atoms with Gasteiger partial charge in [0.1, 0.15) is 12.6 Å². The van der Waals surface area contributed by atoms with Crippen molar-refractivity contribution in [3.05, 3.63) is 130 Å². The van der Waals surface area contributed by atoms with Crippen molar-refractivity contribution < 1.29 is 31.2 Å². The number of amides is 2. The summed E-state index contributed by atoms with van der Waals surface area (Å²) in [5.41, 5.74) is 0.683. The number of hydrogen-bond acceptors (Lipinski definition) is 4. The fraction of sp³-hybridized carbons (Fsp3) is 0.316. The highest BCUT2D eigenvalue weighted by molar-refractivity contribution is 7.92. The van der Waals surface area contributed by atoms with Gasteiger partial charge in [0, 0.05) is 19.0 Å². The fourth-order valence-electron chi connectivity index (χ4n) is 6.18. The van der Waals surface area contributed by atoms with Gasteiger partial charge in [0.15, 0.2) is 0 Å². The zero-order chi connectivity index (χ0) is 35.9. The van der Waals surface area contributed by atoms with E-state index in [4.69, 9.17) is 11.6 Å². The van der Waals surface area contributed by atoms with E-state index in [-0.39, 0.29) is 28.9 Å². The molecule has 0 radical (unpaired) electrons. The monoisotopic (exact) mass is 725 g/mol. The van der Waals surface area contributed by atoms with Crippen LogP contribution >= 0.6 is 11.6 Å². The molecule has 1 N–H and O–H groups in total. The van der Waals surface area contributed by atoms with Gasteiger partial charge in [-0.2, -0.15) is 13.2 Å². The first-order valence-electron chi connectivity index (χ1n) is 16.5. The lowest BCUT2D eigenvalue weighted by atomic mass is 9.94. The highest BCUT2D eigenvalue weighted by Gasteiger charge is 2.38. The van der Waals surface area contributed by atoms with E-state index in [2.05, 4.69) is 5.32 Å². The lowest BCUT2D eigenvalue weighted by Crippen LogP contribution is -2.55. The van der Waals surface area contributed by atoms with Crippen molar-refractivity contribution >= 4 is 39.1 Å². The zero-order valence-electron chi connectivity index (χ0n) is 27.6. The molecule has 1 aliphatic carbocycles. The van der Waals surface area contributed by atoms with Crippen LogP contribution in [0, 0.1) is 6.92 Å². The lowest BCUT2D eigenvalue weighted by Gasteiger charge is -2.35. The number of rotatable bonds is 12. The molecular formula is C38H39ClF3N3O4S. The number of nitrogens with zero attached hydrogens (tertiary/aromatic N) is 2. The Morgan fingerprint density at radius 3 is 2.14 bits per heavy atom. The Balaban J connectivity index is 1.62. The zero-order valence-corrected chi connectivity index (χ0v) is 29.1. The average molecular weight is 726 g/mol. The smallest absolute Gasteiger partial charge is 0.352 e. The van der Waals surface area contributed by atoms with E-state index < -0.39 is 51.9 Å². The molecule has 0 spiro atoms. The second kappa shape index (κ2) is 16.1. The Kier molecular flexibility index (Phi) is 11.9. The fourth-order valence-corrected chi connectivity index (χ4v) is 7.90. The molecule has 1 atom stereocenters. The first kappa shape index (κ1) is 36.9. The van der Waals surface area contributed by atoms with Gasteiger partial charge in [-0.15, -0.1) is 0 Å². The molecule has 0 bridgehead atoms. The molecule has 0 heterocycles. The summed E-state index contributed by atoms with van der Waals surface area (Å²) >= 11 is 6.41. The van der Waals surface area contributed by atoms with Crippen molar-refractivity contribution in [2.75, 3.05) is 10.8 Å². The summed E-state index contributed by atoms with van der Waals surface area (Å²) in [4.78, 5) is 30.0. The van der Waals surface area contributed by atoms with Crippen LogP contribution in [0.3, 0.4) is 0 Å². The highest BCUT2D eigenvalue weighted by Crippen LogP contribution is 2.37. The molecule has 1 aliphatic rings. The van der Waals surface area contributed by atoms with Crippen LogP contribution in [0.2, 0.25) is 5.02 Å². The topological polar surface area (TPSA) is 86.8 Å². The molecule has 264 valence electrons. The number of benzene rings is 4. The van der Waals surface area contributed by atoms with Gasteiger partial charge in [0.05, 0.1) is 21.2 Å². The van der Waals surface area contributed by atoms with Gasteiger partial charge in [-0.25, -0.2) is 8.42 Å². The quantitative estimate of drug-likeness (QED) is 0.161. The van der Waals surface area contributed by atoms with Gasteiger partial charge in [-0.1, -0.05) is 104 Å². The van der Waals surface area contributed by atoms with Gasteiger partial charge in [-0.05, 0) is 66.8 Å². The maximum Gasteiger partial charge on any atom is 0.416 e. The number of aryl methyl sites for hydroxylation is 1. The second-order valence-corrected chi connectivity index (χ2v) is 14.8.